The minimum atomic E-state index is 0.167. The van der Waals surface area contributed by atoms with E-state index in [-0.39, 0.29) is 5.91 Å². The summed E-state index contributed by atoms with van der Waals surface area (Å²) in [7, 11) is 1.83. The number of rotatable bonds is 4. The van der Waals surface area contributed by atoms with Crippen molar-refractivity contribution < 1.29 is 9.53 Å². The number of benzene rings is 1. The SMILES string of the molecule is Cc1ccnc(OCc2cncc(-c3ccc4c(c3)CCC(=O)N4C)c2)c1. The molecule has 4 rings (SSSR count). The topological polar surface area (TPSA) is 55.3 Å². The van der Waals surface area contributed by atoms with Crippen LogP contribution in [0.15, 0.2) is 55.0 Å². The highest BCUT2D eigenvalue weighted by Gasteiger charge is 2.21. The van der Waals surface area contributed by atoms with Gasteiger partial charge in [0.15, 0.2) is 0 Å². The van der Waals surface area contributed by atoms with Gasteiger partial charge in [-0.3, -0.25) is 9.78 Å². The monoisotopic (exact) mass is 359 g/mol. The number of fused-ring (bicyclic) bond motifs is 1. The van der Waals surface area contributed by atoms with Crippen molar-refractivity contribution in [2.45, 2.75) is 26.4 Å². The van der Waals surface area contributed by atoms with Gasteiger partial charge in [-0.05, 0) is 54.3 Å². The van der Waals surface area contributed by atoms with Crippen molar-refractivity contribution in [3.8, 4) is 17.0 Å². The van der Waals surface area contributed by atoms with Crippen LogP contribution < -0.4 is 9.64 Å². The van der Waals surface area contributed by atoms with E-state index < -0.39 is 0 Å². The first-order valence-electron chi connectivity index (χ1n) is 8.99. The summed E-state index contributed by atoms with van der Waals surface area (Å²) in [6.45, 7) is 2.43. The third kappa shape index (κ3) is 3.67. The van der Waals surface area contributed by atoms with E-state index in [0.29, 0.717) is 18.9 Å². The highest BCUT2D eigenvalue weighted by Crippen LogP contribution is 2.31. The van der Waals surface area contributed by atoms with Gasteiger partial charge in [0.25, 0.3) is 0 Å². The second-order valence-electron chi connectivity index (χ2n) is 6.84. The van der Waals surface area contributed by atoms with Gasteiger partial charge < -0.3 is 9.64 Å². The van der Waals surface area contributed by atoms with Gasteiger partial charge in [0.2, 0.25) is 11.8 Å². The normalized spacial score (nSPS) is 13.4. The molecule has 0 saturated heterocycles. The summed E-state index contributed by atoms with van der Waals surface area (Å²) in [5.74, 6) is 0.780. The number of anilines is 1. The lowest BCUT2D eigenvalue weighted by atomic mass is 9.96. The minimum Gasteiger partial charge on any atom is -0.473 e. The van der Waals surface area contributed by atoms with Gasteiger partial charge >= 0.3 is 0 Å². The molecule has 1 aliphatic rings. The Kier molecular flexibility index (Phi) is 4.59. The molecule has 0 fully saturated rings. The van der Waals surface area contributed by atoms with Gasteiger partial charge in [-0.2, -0.15) is 0 Å². The summed E-state index contributed by atoms with van der Waals surface area (Å²) in [6.07, 6.45) is 6.75. The molecule has 5 nitrogen and oxygen atoms in total. The summed E-state index contributed by atoms with van der Waals surface area (Å²) in [4.78, 5) is 22.2. The summed E-state index contributed by atoms with van der Waals surface area (Å²) >= 11 is 0. The number of hydrogen-bond acceptors (Lipinski definition) is 4. The fourth-order valence-electron chi connectivity index (χ4n) is 3.31. The zero-order valence-corrected chi connectivity index (χ0v) is 15.5. The van der Waals surface area contributed by atoms with E-state index in [1.807, 2.05) is 50.6 Å². The van der Waals surface area contributed by atoms with Crippen LogP contribution in [0, 0.1) is 6.92 Å². The van der Waals surface area contributed by atoms with Crippen LogP contribution in [-0.2, 0) is 17.8 Å². The first-order valence-corrected chi connectivity index (χ1v) is 8.99. The number of nitrogens with zero attached hydrogens (tertiary/aromatic N) is 3. The van der Waals surface area contributed by atoms with Crippen molar-refractivity contribution >= 4 is 11.6 Å². The maximum atomic E-state index is 11.9. The molecule has 0 unspecified atom stereocenters. The molecule has 3 heterocycles. The second-order valence-corrected chi connectivity index (χ2v) is 6.84. The molecule has 0 aliphatic carbocycles. The van der Waals surface area contributed by atoms with E-state index in [9.17, 15) is 4.79 Å². The molecular weight excluding hydrogens is 338 g/mol. The molecule has 1 aliphatic heterocycles. The third-order valence-corrected chi connectivity index (χ3v) is 4.83. The molecule has 2 aromatic heterocycles. The van der Waals surface area contributed by atoms with Crippen LogP contribution in [0.25, 0.3) is 11.1 Å². The lowest BCUT2D eigenvalue weighted by Crippen LogP contribution is -2.30. The molecule has 0 spiro atoms. The zero-order chi connectivity index (χ0) is 18.8. The molecular formula is C22H21N3O2. The van der Waals surface area contributed by atoms with E-state index in [4.69, 9.17) is 4.74 Å². The molecule has 5 heteroatoms. The maximum Gasteiger partial charge on any atom is 0.227 e. The molecule has 0 bridgehead atoms. The maximum absolute atomic E-state index is 11.9. The van der Waals surface area contributed by atoms with Gasteiger partial charge in [-0.25, -0.2) is 4.98 Å². The number of aromatic nitrogens is 2. The standard InChI is InChI=1S/C22H21N3O2/c1-15-7-8-24-21(9-15)27-14-16-10-19(13-23-12-16)17-3-5-20-18(11-17)4-6-22(26)25(20)2/h3,5,7-13H,4,6,14H2,1-2H3. The van der Waals surface area contributed by atoms with Crippen molar-refractivity contribution in [2.24, 2.45) is 0 Å². The Hall–Kier alpha value is -3.21. The van der Waals surface area contributed by atoms with Crippen LogP contribution in [0.2, 0.25) is 0 Å². The summed E-state index contributed by atoms with van der Waals surface area (Å²) < 4.78 is 5.78. The van der Waals surface area contributed by atoms with Crippen LogP contribution >= 0.6 is 0 Å². The summed E-state index contributed by atoms with van der Waals surface area (Å²) in [5, 5.41) is 0. The van der Waals surface area contributed by atoms with Crippen molar-refractivity contribution in [1.82, 2.24) is 9.97 Å². The van der Waals surface area contributed by atoms with Gasteiger partial charge in [0, 0.05) is 54.9 Å². The predicted molar refractivity (Wildman–Crippen MR) is 105 cm³/mol. The summed E-state index contributed by atoms with van der Waals surface area (Å²) in [6, 6.07) is 12.2. The molecule has 0 N–H and O–H groups in total. The van der Waals surface area contributed by atoms with E-state index in [0.717, 1.165) is 34.4 Å². The van der Waals surface area contributed by atoms with Crippen LogP contribution in [0.4, 0.5) is 5.69 Å². The van der Waals surface area contributed by atoms with E-state index >= 15 is 0 Å². The van der Waals surface area contributed by atoms with Crippen LogP contribution in [0.3, 0.4) is 0 Å². The number of carbonyl (C=O) groups is 1. The number of amides is 1. The first kappa shape index (κ1) is 17.2. The largest absolute Gasteiger partial charge is 0.473 e. The minimum absolute atomic E-state index is 0.167. The smallest absolute Gasteiger partial charge is 0.227 e. The molecule has 27 heavy (non-hydrogen) atoms. The van der Waals surface area contributed by atoms with Gasteiger partial charge in [0.05, 0.1) is 0 Å². The Bertz CT molecular complexity index is 1000. The molecule has 1 aromatic carbocycles. The Labute approximate surface area is 158 Å². The van der Waals surface area contributed by atoms with E-state index in [2.05, 4.69) is 22.1 Å². The van der Waals surface area contributed by atoms with Crippen LogP contribution in [-0.4, -0.2) is 22.9 Å². The molecule has 3 aromatic rings. The second kappa shape index (κ2) is 7.19. The van der Waals surface area contributed by atoms with E-state index in [1.165, 1.54) is 5.56 Å². The average Bonchev–Trinajstić information content (AvgIpc) is 2.69. The number of pyridine rings is 2. The van der Waals surface area contributed by atoms with Crippen LogP contribution in [0.5, 0.6) is 5.88 Å². The molecule has 0 radical (unpaired) electrons. The third-order valence-electron chi connectivity index (χ3n) is 4.83. The highest BCUT2D eigenvalue weighted by molar-refractivity contribution is 5.96. The fraction of sp³-hybridized carbons (Fsp3) is 0.227. The quantitative estimate of drug-likeness (QED) is 0.708. The van der Waals surface area contributed by atoms with Gasteiger partial charge in [0.1, 0.15) is 6.61 Å². The van der Waals surface area contributed by atoms with Gasteiger partial charge in [-0.1, -0.05) is 6.07 Å². The Morgan fingerprint density at radius 1 is 1.07 bits per heavy atom. The van der Waals surface area contributed by atoms with Crippen molar-refractivity contribution in [3.05, 3.63) is 71.7 Å². The van der Waals surface area contributed by atoms with Gasteiger partial charge in [-0.15, -0.1) is 0 Å². The molecule has 136 valence electrons. The number of ether oxygens (including phenoxy) is 1. The van der Waals surface area contributed by atoms with Crippen molar-refractivity contribution in [2.75, 3.05) is 11.9 Å². The zero-order valence-electron chi connectivity index (χ0n) is 15.5. The predicted octanol–water partition coefficient (Wildman–Crippen LogP) is 3.94. The van der Waals surface area contributed by atoms with Crippen molar-refractivity contribution in [1.29, 1.82) is 0 Å². The molecule has 1 amide bonds. The Morgan fingerprint density at radius 3 is 2.81 bits per heavy atom. The van der Waals surface area contributed by atoms with E-state index in [1.54, 1.807) is 11.1 Å². The van der Waals surface area contributed by atoms with Crippen molar-refractivity contribution in [3.63, 3.8) is 0 Å². The lowest BCUT2D eigenvalue weighted by Gasteiger charge is -2.26. The first-order chi connectivity index (χ1) is 13.1. The number of carbonyl (C=O) groups excluding carboxylic acids is 1. The summed E-state index contributed by atoms with van der Waals surface area (Å²) in [5.41, 5.74) is 6.42. The lowest BCUT2D eigenvalue weighted by molar-refractivity contribution is -0.118. The molecule has 0 saturated carbocycles. The Morgan fingerprint density at radius 2 is 1.96 bits per heavy atom. The number of hydrogen-bond donors (Lipinski definition) is 0. The Balaban J connectivity index is 1.55. The number of aryl methyl sites for hydroxylation is 2. The fourth-order valence-corrected chi connectivity index (χ4v) is 3.31. The molecule has 0 atom stereocenters. The van der Waals surface area contributed by atoms with Crippen LogP contribution in [0.1, 0.15) is 23.1 Å². The average molecular weight is 359 g/mol. The highest BCUT2D eigenvalue weighted by atomic mass is 16.5.